The van der Waals surface area contributed by atoms with Gasteiger partial charge in [0.1, 0.15) is 10.5 Å². The van der Waals surface area contributed by atoms with E-state index >= 15 is 8.42 Å². The molecule has 2 aliphatic carbocycles. The third-order valence-corrected chi connectivity index (χ3v) is 16.0. The number of nitrogens with one attached hydrogen (secondary N) is 1. The summed E-state index contributed by atoms with van der Waals surface area (Å²) in [4.78, 5) is 15.6. The summed E-state index contributed by atoms with van der Waals surface area (Å²) in [6.45, 7) is 1.74. The van der Waals surface area contributed by atoms with Crippen molar-refractivity contribution < 1.29 is 26.4 Å². The van der Waals surface area contributed by atoms with Crippen molar-refractivity contribution in [2.24, 2.45) is 0 Å². The van der Waals surface area contributed by atoms with Gasteiger partial charge in [-0.2, -0.15) is 17.0 Å². The first-order valence-electron chi connectivity index (χ1n) is 17.2. The molecule has 258 valence electrons. The first-order valence-corrected chi connectivity index (χ1v) is 20.0. The van der Waals surface area contributed by atoms with Gasteiger partial charge in [-0.1, -0.05) is 25.3 Å². The van der Waals surface area contributed by atoms with Crippen molar-refractivity contribution in [2.45, 2.75) is 86.6 Å². The first-order chi connectivity index (χ1) is 22.9. The van der Waals surface area contributed by atoms with Gasteiger partial charge in [-0.25, -0.2) is 13.1 Å². The number of methoxy groups -OCH3 is 1. The number of ether oxygens (including phenoxy) is 1. The van der Waals surface area contributed by atoms with Crippen LogP contribution in [0.4, 0.5) is 0 Å². The second-order valence-corrected chi connectivity index (χ2v) is 18.9. The molecule has 2 saturated carbocycles. The maximum atomic E-state index is 15.2. The molecule has 3 aliphatic heterocycles. The van der Waals surface area contributed by atoms with Crippen LogP contribution in [0.15, 0.2) is 36.4 Å². The lowest BCUT2D eigenvalue weighted by molar-refractivity contribution is 0.0979. The molecule has 2 saturated heterocycles. The summed E-state index contributed by atoms with van der Waals surface area (Å²) in [5.74, 6) is 0.0745. The predicted octanol–water partition coefficient (Wildman–Crippen LogP) is 4.25. The number of carbonyl (C=O) groups is 1. The SMILES string of the molecule is COc1ccc2c(c1)C1CC1(S(=O)(=O)N1C3CCC1CN(C)C3)Cn1c-2c(C2CCCCC2)c2ccc(C(=O)NS(=O)(=O)N(C)C)cc21. The van der Waals surface area contributed by atoms with Crippen LogP contribution in [0.3, 0.4) is 0 Å². The number of hydrogen-bond acceptors (Lipinski definition) is 7. The van der Waals surface area contributed by atoms with Crippen LogP contribution >= 0.6 is 0 Å². The zero-order chi connectivity index (χ0) is 33.7. The molecule has 4 unspecified atom stereocenters. The molecule has 4 heterocycles. The lowest BCUT2D eigenvalue weighted by atomic mass is 9.81. The van der Waals surface area contributed by atoms with Gasteiger partial charge >= 0.3 is 10.2 Å². The number of piperazine rings is 1. The van der Waals surface area contributed by atoms with Gasteiger partial charge < -0.3 is 14.2 Å². The minimum absolute atomic E-state index is 0.0324. The molecule has 13 heteroatoms. The standard InChI is InChI=1S/C35H45N5O6S2/c1-37(2)48(44,45)36-34(41)23-10-14-28-31(16-23)39-21-35(47(42,43)40-24-11-12-25(40)20-38(3)19-24)18-30(35)29-17-26(46-4)13-15-27(29)33(39)32(28)22-8-6-5-7-9-22/h10,13-17,22,24-25,30H,5-9,11-12,18-21H2,1-4H3,(H,36,41). The van der Waals surface area contributed by atoms with Gasteiger partial charge in [-0.05, 0) is 86.5 Å². The van der Waals surface area contributed by atoms with Crippen molar-refractivity contribution in [1.29, 1.82) is 0 Å². The number of hydrogen-bond donors (Lipinski definition) is 1. The van der Waals surface area contributed by atoms with Crippen LogP contribution in [0.25, 0.3) is 22.2 Å². The summed E-state index contributed by atoms with van der Waals surface area (Å²) < 4.78 is 67.3. The van der Waals surface area contributed by atoms with Gasteiger partial charge in [0.15, 0.2) is 0 Å². The number of amides is 1. The summed E-state index contributed by atoms with van der Waals surface area (Å²) in [5.41, 5.74) is 5.24. The molecule has 0 radical (unpaired) electrons. The normalized spacial score (nSPS) is 27.7. The number of carbonyl (C=O) groups excluding carboxylic acids is 1. The zero-order valence-corrected chi connectivity index (χ0v) is 29.7. The van der Waals surface area contributed by atoms with Crippen molar-refractivity contribution in [1.82, 2.24) is 22.8 Å². The molecule has 4 atom stereocenters. The van der Waals surface area contributed by atoms with Crippen molar-refractivity contribution in [3.63, 3.8) is 0 Å². The Morgan fingerprint density at radius 2 is 1.67 bits per heavy atom. The molecule has 2 bridgehead atoms. The van der Waals surface area contributed by atoms with E-state index in [0.29, 0.717) is 12.2 Å². The Kier molecular flexibility index (Phi) is 7.58. The minimum atomic E-state index is -4.01. The minimum Gasteiger partial charge on any atom is -0.497 e. The lowest BCUT2D eigenvalue weighted by Gasteiger charge is -2.40. The molecule has 0 spiro atoms. The number of benzene rings is 2. The molecule has 8 rings (SSSR count). The zero-order valence-electron chi connectivity index (χ0n) is 28.1. The summed E-state index contributed by atoms with van der Waals surface area (Å²) in [6.07, 6.45) is 7.79. The van der Waals surface area contributed by atoms with Crippen LogP contribution in [-0.2, 0) is 26.8 Å². The molecule has 1 aromatic heterocycles. The predicted molar refractivity (Wildman–Crippen MR) is 185 cm³/mol. The molecule has 1 N–H and O–H groups in total. The van der Waals surface area contributed by atoms with E-state index in [1.165, 1.54) is 26.1 Å². The van der Waals surface area contributed by atoms with E-state index in [1.54, 1.807) is 19.2 Å². The highest BCUT2D eigenvalue weighted by Crippen LogP contribution is 2.65. The molecular formula is C35H45N5O6S2. The summed E-state index contributed by atoms with van der Waals surface area (Å²) in [6, 6.07) is 11.4. The highest BCUT2D eigenvalue weighted by Gasteiger charge is 2.69. The maximum absolute atomic E-state index is 15.2. The molecule has 11 nitrogen and oxygen atoms in total. The number of nitrogens with zero attached hydrogens (tertiary/aromatic N) is 4. The highest BCUT2D eigenvalue weighted by molar-refractivity contribution is 7.91. The Bertz CT molecular complexity index is 2020. The van der Waals surface area contributed by atoms with Crippen molar-refractivity contribution in [3.8, 4) is 17.0 Å². The van der Waals surface area contributed by atoms with Gasteiger partial charge in [0.25, 0.3) is 5.91 Å². The average Bonchev–Trinajstić information content (AvgIpc) is 3.65. The van der Waals surface area contributed by atoms with Crippen LogP contribution < -0.4 is 9.46 Å². The summed E-state index contributed by atoms with van der Waals surface area (Å²) in [7, 11) is -1.31. The Morgan fingerprint density at radius 1 is 0.958 bits per heavy atom. The van der Waals surface area contributed by atoms with Gasteiger partial charge in [0.05, 0.1) is 12.8 Å². The number of fused-ring (bicyclic) bond motifs is 9. The van der Waals surface area contributed by atoms with E-state index in [2.05, 4.69) is 27.3 Å². The van der Waals surface area contributed by atoms with E-state index in [-0.39, 0.29) is 36.0 Å². The Morgan fingerprint density at radius 3 is 2.33 bits per heavy atom. The number of rotatable bonds is 7. The fourth-order valence-corrected chi connectivity index (χ4v) is 12.6. The van der Waals surface area contributed by atoms with Gasteiger partial charge in [-0.3, -0.25) is 4.79 Å². The molecule has 1 amide bonds. The second-order valence-electron chi connectivity index (χ2n) is 14.8. The molecular weight excluding hydrogens is 651 g/mol. The van der Waals surface area contributed by atoms with Gasteiger partial charge in [0.2, 0.25) is 10.0 Å². The van der Waals surface area contributed by atoms with E-state index in [1.807, 2.05) is 22.5 Å². The van der Waals surface area contributed by atoms with Crippen LogP contribution in [0.1, 0.15) is 84.7 Å². The van der Waals surface area contributed by atoms with E-state index < -0.39 is 30.9 Å². The second kappa shape index (κ2) is 11.3. The van der Waals surface area contributed by atoms with Crippen LogP contribution in [0, 0.1) is 0 Å². The van der Waals surface area contributed by atoms with E-state index in [9.17, 15) is 13.2 Å². The third-order valence-electron chi connectivity index (χ3n) is 11.8. The third kappa shape index (κ3) is 4.79. The smallest absolute Gasteiger partial charge is 0.303 e. The monoisotopic (exact) mass is 695 g/mol. The van der Waals surface area contributed by atoms with Gasteiger partial charge in [0, 0.05) is 73.8 Å². The lowest BCUT2D eigenvalue weighted by Crippen LogP contribution is -2.57. The topological polar surface area (TPSA) is 121 Å². The fraction of sp³-hybridized carbons (Fsp3) is 0.571. The number of likely N-dealkylation sites (tertiary alicyclic amines) is 1. The van der Waals surface area contributed by atoms with Crippen LogP contribution in [0.2, 0.25) is 0 Å². The Labute approximate surface area is 283 Å². The Hall–Kier alpha value is -2.97. The number of aromatic nitrogens is 1. The van der Waals surface area contributed by atoms with Crippen LogP contribution in [0.5, 0.6) is 5.75 Å². The largest absolute Gasteiger partial charge is 0.497 e. The number of likely N-dealkylation sites (N-methyl/N-ethyl adjacent to an activating group) is 1. The van der Waals surface area contributed by atoms with E-state index in [0.717, 1.165) is 83.6 Å². The number of sulfonamides is 1. The molecule has 4 fully saturated rings. The van der Waals surface area contributed by atoms with E-state index in [4.69, 9.17) is 4.74 Å². The quantitative estimate of drug-likeness (QED) is 0.393. The van der Waals surface area contributed by atoms with Gasteiger partial charge in [-0.15, -0.1) is 0 Å². The Balaban J connectivity index is 1.35. The summed E-state index contributed by atoms with van der Waals surface area (Å²) in [5, 5.41) is 0.997. The average molecular weight is 696 g/mol. The summed E-state index contributed by atoms with van der Waals surface area (Å²) >= 11 is 0. The van der Waals surface area contributed by atoms with Crippen LogP contribution in [-0.4, -0.2) is 99.0 Å². The van der Waals surface area contributed by atoms with Crippen molar-refractivity contribution >= 4 is 37.0 Å². The van der Waals surface area contributed by atoms with Crippen molar-refractivity contribution in [2.75, 3.05) is 41.3 Å². The maximum Gasteiger partial charge on any atom is 0.303 e. The molecule has 5 aliphatic rings. The molecule has 2 aromatic carbocycles. The molecule has 48 heavy (non-hydrogen) atoms. The highest BCUT2D eigenvalue weighted by atomic mass is 32.2. The first kappa shape index (κ1) is 32.2. The fourth-order valence-electron chi connectivity index (χ4n) is 9.38. The molecule has 3 aromatic rings. The van der Waals surface area contributed by atoms with Crippen molar-refractivity contribution in [3.05, 3.63) is 53.1 Å².